The van der Waals surface area contributed by atoms with Crippen LogP contribution in [-0.4, -0.2) is 21.2 Å². The highest BCUT2D eigenvalue weighted by atomic mass is 35.5. The number of hydrogen-bond donors (Lipinski definition) is 2. The summed E-state index contributed by atoms with van der Waals surface area (Å²) in [4.78, 5) is 41.2. The number of benzene rings is 2. The Hall–Kier alpha value is -4.17. The molecule has 2 heterocycles. The number of hydrazine groups is 1. The molecule has 8 nitrogen and oxygen atoms in total. The number of hydrogen-bond acceptors (Lipinski definition) is 5. The van der Waals surface area contributed by atoms with E-state index >= 15 is 0 Å². The molecule has 0 bridgehead atoms. The van der Waals surface area contributed by atoms with Gasteiger partial charge in [0.1, 0.15) is 23.6 Å². The molecule has 0 fully saturated rings. The maximum absolute atomic E-state index is 12.4. The van der Waals surface area contributed by atoms with Crippen molar-refractivity contribution in [3.63, 3.8) is 0 Å². The van der Waals surface area contributed by atoms with E-state index in [0.717, 1.165) is 5.56 Å². The maximum atomic E-state index is 12.4. The fourth-order valence-electron chi connectivity index (χ4n) is 2.89. The van der Waals surface area contributed by atoms with Gasteiger partial charge in [-0.2, -0.15) is 0 Å². The van der Waals surface area contributed by atoms with Gasteiger partial charge in [0.25, 0.3) is 17.4 Å². The minimum atomic E-state index is -0.762. The summed E-state index contributed by atoms with van der Waals surface area (Å²) in [5.74, 6) is -0.613. The summed E-state index contributed by atoms with van der Waals surface area (Å²) in [6, 6.07) is 18.7. The van der Waals surface area contributed by atoms with E-state index in [2.05, 4.69) is 15.8 Å². The number of carbonyl (C=O) groups excluding carboxylic acids is 2. The first-order valence-corrected chi connectivity index (χ1v) is 9.93. The van der Waals surface area contributed by atoms with Crippen LogP contribution in [-0.2, 0) is 6.61 Å². The molecule has 0 unspecified atom stereocenters. The van der Waals surface area contributed by atoms with E-state index in [0.29, 0.717) is 28.6 Å². The van der Waals surface area contributed by atoms with Gasteiger partial charge in [-0.1, -0.05) is 29.8 Å². The molecule has 0 aliphatic heterocycles. The third-order valence-corrected chi connectivity index (χ3v) is 4.83. The van der Waals surface area contributed by atoms with E-state index in [1.54, 1.807) is 66.7 Å². The number of fused-ring (bicyclic) bond motifs is 1. The number of aromatic nitrogens is 2. The largest absolute Gasteiger partial charge is 0.489 e. The van der Waals surface area contributed by atoms with Crippen LogP contribution < -0.4 is 21.1 Å². The van der Waals surface area contributed by atoms with Crippen LogP contribution in [0.5, 0.6) is 5.75 Å². The van der Waals surface area contributed by atoms with Crippen LogP contribution in [0.25, 0.3) is 5.65 Å². The van der Waals surface area contributed by atoms with Crippen molar-refractivity contribution in [1.82, 2.24) is 20.2 Å². The zero-order valence-electron chi connectivity index (χ0n) is 16.6. The predicted octanol–water partition coefficient (Wildman–Crippen LogP) is 3.00. The van der Waals surface area contributed by atoms with Crippen LogP contribution in [0.1, 0.15) is 26.3 Å². The molecule has 2 N–H and O–H groups in total. The van der Waals surface area contributed by atoms with Gasteiger partial charge < -0.3 is 4.74 Å². The molecule has 2 aromatic heterocycles. The first kappa shape index (κ1) is 21.1. The third kappa shape index (κ3) is 4.76. The quantitative estimate of drug-likeness (QED) is 0.457. The molecule has 160 valence electrons. The van der Waals surface area contributed by atoms with Crippen LogP contribution in [0.3, 0.4) is 0 Å². The summed E-state index contributed by atoms with van der Waals surface area (Å²) >= 11 is 5.85. The molecule has 0 aliphatic carbocycles. The van der Waals surface area contributed by atoms with E-state index in [1.807, 2.05) is 0 Å². The number of nitrogens with zero attached hydrogens (tertiary/aromatic N) is 2. The monoisotopic (exact) mass is 448 g/mol. The summed E-state index contributed by atoms with van der Waals surface area (Å²) in [7, 11) is 0. The second kappa shape index (κ2) is 9.32. The first-order chi connectivity index (χ1) is 15.5. The van der Waals surface area contributed by atoms with E-state index in [-0.39, 0.29) is 5.56 Å². The molecule has 2 aromatic carbocycles. The summed E-state index contributed by atoms with van der Waals surface area (Å²) in [5.41, 5.74) is 5.41. The van der Waals surface area contributed by atoms with Gasteiger partial charge in [-0.25, -0.2) is 4.98 Å². The minimum Gasteiger partial charge on any atom is -0.489 e. The van der Waals surface area contributed by atoms with Crippen molar-refractivity contribution in [2.75, 3.05) is 0 Å². The molecule has 0 spiro atoms. The molecule has 9 heteroatoms. The van der Waals surface area contributed by atoms with E-state index in [9.17, 15) is 14.4 Å². The lowest BCUT2D eigenvalue weighted by atomic mass is 10.1. The van der Waals surface area contributed by atoms with Gasteiger partial charge in [0, 0.05) is 23.0 Å². The Kier molecular flexibility index (Phi) is 6.14. The third-order valence-electron chi connectivity index (χ3n) is 4.58. The van der Waals surface area contributed by atoms with Crippen LogP contribution >= 0.6 is 11.6 Å². The Morgan fingerprint density at radius 3 is 2.41 bits per heavy atom. The fraction of sp³-hybridized carbons (Fsp3) is 0.0435. The molecule has 0 saturated heterocycles. The number of nitrogens with one attached hydrogen (secondary N) is 2. The lowest BCUT2D eigenvalue weighted by molar-refractivity contribution is 0.0845. The summed E-state index contributed by atoms with van der Waals surface area (Å²) in [6.07, 6.45) is 2.69. The Bertz CT molecular complexity index is 1330. The van der Waals surface area contributed by atoms with E-state index < -0.39 is 17.4 Å². The summed E-state index contributed by atoms with van der Waals surface area (Å²) in [5, 5.41) is 0.627. The van der Waals surface area contributed by atoms with Gasteiger partial charge in [0.2, 0.25) is 0 Å². The maximum Gasteiger partial charge on any atom is 0.276 e. The predicted molar refractivity (Wildman–Crippen MR) is 119 cm³/mol. The van der Waals surface area contributed by atoms with Gasteiger partial charge in [-0.3, -0.25) is 29.6 Å². The van der Waals surface area contributed by atoms with Crippen molar-refractivity contribution in [1.29, 1.82) is 0 Å². The highest BCUT2D eigenvalue weighted by Gasteiger charge is 2.14. The van der Waals surface area contributed by atoms with Crippen molar-refractivity contribution in [2.45, 2.75) is 6.61 Å². The van der Waals surface area contributed by atoms with Gasteiger partial charge in [0.05, 0.1) is 0 Å². The number of pyridine rings is 1. The van der Waals surface area contributed by atoms with E-state index in [4.69, 9.17) is 16.3 Å². The molecular weight excluding hydrogens is 432 g/mol. The normalized spacial score (nSPS) is 10.5. The highest BCUT2D eigenvalue weighted by Crippen LogP contribution is 2.17. The molecule has 32 heavy (non-hydrogen) atoms. The molecule has 4 aromatic rings. The number of halogens is 1. The lowest BCUT2D eigenvalue weighted by Crippen LogP contribution is -2.43. The molecular formula is C23H17ClN4O4. The molecule has 2 amide bonds. The average Bonchev–Trinajstić information content (AvgIpc) is 2.83. The van der Waals surface area contributed by atoms with Gasteiger partial charge in [-0.15, -0.1) is 0 Å². The number of carbonyl (C=O) groups is 2. The van der Waals surface area contributed by atoms with Crippen molar-refractivity contribution in [3.8, 4) is 5.75 Å². The van der Waals surface area contributed by atoms with Crippen molar-refractivity contribution >= 4 is 29.1 Å². The number of ether oxygens (including phenoxy) is 1. The van der Waals surface area contributed by atoms with Crippen LogP contribution in [0.15, 0.2) is 83.9 Å². The summed E-state index contributed by atoms with van der Waals surface area (Å²) in [6.45, 7) is 0.319. The molecule has 4 rings (SSSR count). The van der Waals surface area contributed by atoms with Crippen molar-refractivity contribution < 1.29 is 14.3 Å². The summed E-state index contributed by atoms with van der Waals surface area (Å²) < 4.78 is 6.91. The minimum absolute atomic E-state index is 0.191. The Morgan fingerprint density at radius 2 is 1.66 bits per heavy atom. The van der Waals surface area contributed by atoms with Crippen LogP contribution in [0, 0.1) is 0 Å². The van der Waals surface area contributed by atoms with Crippen molar-refractivity contribution in [3.05, 3.63) is 111 Å². The fourth-order valence-corrected chi connectivity index (χ4v) is 3.01. The zero-order valence-corrected chi connectivity index (χ0v) is 17.4. The Labute approximate surface area is 187 Å². The van der Waals surface area contributed by atoms with Gasteiger partial charge in [0.15, 0.2) is 0 Å². The lowest BCUT2D eigenvalue weighted by Gasteiger charge is -2.09. The highest BCUT2D eigenvalue weighted by molar-refractivity contribution is 6.30. The van der Waals surface area contributed by atoms with Crippen LogP contribution in [0.2, 0.25) is 5.02 Å². The van der Waals surface area contributed by atoms with Gasteiger partial charge in [-0.05, 0) is 54.1 Å². The second-order valence-corrected chi connectivity index (χ2v) is 7.19. The average molecular weight is 449 g/mol. The Morgan fingerprint density at radius 1 is 0.938 bits per heavy atom. The standard InChI is InChI=1S/C23H17ClN4O4/c24-17-8-10-18(11-9-17)32-14-15-4-6-16(7-5-15)21(29)26-27-22(30)19-13-25-20-3-1-2-12-28(20)23(19)31/h1-13H,14H2,(H,26,29)(H,27,30). The van der Waals surface area contributed by atoms with Crippen LogP contribution in [0.4, 0.5) is 0 Å². The first-order valence-electron chi connectivity index (χ1n) is 9.56. The molecule has 0 saturated carbocycles. The SMILES string of the molecule is O=C(NNC(=O)c1cnc2ccccn2c1=O)c1ccc(COc2ccc(Cl)cc2)cc1. The molecule has 0 aliphatic rings. The molecule has 0 atom stereocenters. The number of rotatable bonds is 5. The zero-order chi connectivity index (χ0) is 22.5. The smallest absolute Gasteiger partial charge is 0.276 e. The van der Waals surface area contributed by atoms with Gasteiger partial charge >= 0.3 is 0 Å². The topological polar surface area (TPSA) is 102 Å². The second-order valence-electron chi connectivity index (χ2n) is 6.75. The Balaban J connectivity index is 1.35. The van der Waals surface area contributed by atoms with E-state index in [1.165, 1.54) is 16.8 Å². The molecule has 0 radical (unpaired) electrons. The number of amides is 2. The van der Waals surface area contributed by atoms with Crippen molar-refractivity contribution in [2.24, 2.45) is 0 Å².